The maximum absolute atomic E-state index is 5.76. The van der Waals surface area contributed by atoms with Crippen LogP contribution in [0, 0.1) is 0 Å². The van der Waals surface area contributed by atoms with Gasteiger partial charge in [0.25, 0.3) is 0 Å². The molecular weight excluding hydrogens is 144 g/mol. The van der Waals surface area contributed by atoms with Crippen LogP contribution in [0.15, 0.2) is 27.8 Å². The third-order valence-corrected chi connectivity index (χ3v) is 1.49. The quantitative estimate of drug-likeness (QED) is 0.506. The van der Waals surface area contributed by atoms with E-state index in [0.717, 1.165) is 0 Å². The lowest BCUT2D eigenvalue weighted by molar-refractivity contribution is 0.299. The van der Waals surface area contributed by atoms with Gasteiger partial charge in [-0.1, -0.05) is 0 Å². The Morgan fingerprint density at radius 3 is 3.09 bits per heavy atom. The van der Waals surface area contributed by atoms with Gasteiger partial charge in [-0.25, -0.2) is 4.99 Å². The Hall–Kier alpha value is -1.33. The van der Waals surface area contributed by atoms with E-state index in [1.165, 1.54) is 6.34 Å². The Bertz CT molecular complexity index is 268. The Balaban J connectivity index is 2.35. The fourth-order valence-electron chi connectivity index (χ4n) is 0.929. The van der Waals surface area contributed by atoms with Crippen LogP contribution in [0.1, 0.15) is 5.76 Å². The molecule has 0 saturated carbocycles. The van der Waals surface area contributed by atoms with Crippen LogP contribution in [-0.4, -0.2) is 6.34 Å². The van der Waals surface area contributed by atoms with Crippen molar-refractivity contribution in [3.8, 4) is 0 Å². The minimum absolute atomic E-state index is 0.582. The number of nitrogens with zero attached hydrogens (tertiary/aromatic N) is 1. The molecule has 0 bridgehead atoms. The molecule has 0 saturated heterocycles. The second-order valence-electron chi connectivity index (χ2n) is 2.27. The molecule has 5 nitrogen and oxygen atoms in total. The maximum Gasteiger partial charge on any atom is 0.239 e. The molecule has 0 aliphatic carbocycles. The lowest BCUT2D eigenvalue weighted by Crippen LogP contribution is -2.49. The van der Waals surface area contributed by atoms with Crippen LogP contribution in [0.25, 0.3) is 0 Å². The molecule has 0 radical (unpaired) electrons. The molecule has 0 aromatic carbocycles. The van der Waals surface area contributed by atoms with Crippen LogP contribution in [0.4, 0.5) is 0 Å². The van der Waals surface area contributed by atoms with Gasteiger partial charge in [-0.05, 0) is 12.1 Å². The number of nitrogens with one attached hydrogen (secondary N) is 2. The summed E-state index contributed by atoms with van der Waals surface area (Å²) in [6.07, 6.45) is 3.04. The SMILES string of the molecule is NC1(c2ccco2)N=CNN1. The molecule has 4 N–H and O–H groups in total. The number of furan rings is 1. The van der Waals surface area contributed by atoms with Gasteiger partial charge in [0.15, 0.2) is 5.76 Å². The summed E-state index contributed by atoms with van der Waals surface area (Å²) in [4.78, 5) is 3.95. The van der Waals surface area contributed by atoms with Crippen LogP contribution in [0.3, 0.4) is 0 Å². The normalized spacial score (nSPS) is 28.8. The van der Waals surface area contributed by atoms with Gasteiger partial charge in [0.05, 0.1) is 6.26 Å². The molecule has 1 aliphatic rings. The first-order valence-electron chi connectivity index (χ1n) is 3.20. The summed E-state index contributed by atoms with van der Waals surface area (Å²) in [5.41, 5.74) is 11.2. The third kappa shape index (κ3) is 0.903. The second-order valence-corrected chi connectivity index (χ2v) is 2.27. The zero-order valence-electron chi connectivity index (χ0n) is 5.74. The van der Waals surface area contributed by atoms with Crippen LogP contribution in [0.2, 0.25) is 0 Å². The Morgan fingerprint density at radius 2 is 2.55 bits per heavy atom. The molecule has 1 unspecified atom stereocenters. The number of hydrogen-bond acceptors (Lipinski definition) is 5. The minimum Gasteiger partial charge on any atom is -0.464 e. The smallest absolute Gasteiger partial charge is 0.239 e. The predicted molar refractivity (Wildman–Crippen MR) is 39.3 cm³/mol. The Labute approximate surface area is 63.3 Å². The summed E-state index contributed by atoms with van der Waals surface area (Å²) in [5, 5.41) is 0. The Morgan fingerprint density at radius 1 is 1.64 bits per heavy atom. The molecule has 1 aromatic heterocycles. The van der Waals surface area contributed by atoms with Crippen molar-refractivity contribution in [3.05, 3.63) is 24.2 Å². The molecule has 11 heavy (non-hydrogen) atoms. The molecule has 0 fully saturated rings. The molecule has 1 aliphatic heterocycles. The first-order chi connectivity index (χ1) is 5.31. The second kappa shape index (κ2) is 2.08. The van der Waals surface area contributed by atoms with E-state index in [1.54, 1.807) is 18.4 Å². The highest BCUT2D eigenvalue weighted by atomic mass is 16.3. The standard InChI is InChI=1S/C6H8N4O/c7-6(8-4-9-10-6)5-2-1-3-11-5/h1-4,10H,7H2,(H,8,9). The fourth-order valence-corrected chi connectivity index (χ4v) is 0.929. The molecular formula is C6H8N4O. The zero-order chi connectivity index (χ0) is 7.73. The summed E-state index contributed by atoms with van der Waals surface area (Å²) < 4.78 is 5.08. The van der Waals surface area contributed by atoms with Crippen molar-refractivity contribution in [1.82, 2.24) is 10.9 Å². The monoisotopic (exact) mass is 152 g/mol. The van der Waals surface area contributed by atoms with Gasteiger partial charge < -0.3 is 9.84 Å². The topological polar surface area (TPSA) is 75.6 Å². The average Bonchev–Trinajstić information content (AvgIpc) is 2.55. The van der Waals surface area contributed by atoms with Crippen molar-refractivity contribution >= 4 is 6.34 Å². The van der Waals surface area contributed by atoms with Crippen molar-refractivity contribution in [2.75, 3.05) is 0 Å². The van der Waals surface area contributed by atoms with E-state index in [1.807, 2.05) is 0 Å². The zero-order valence-corrected chi connectivity index (χ0v) is 5.74. The van der Waals surface area contributed by atoms with E-state index in [0.29, 0.717) is 5.76 Å². The Kier molecular flexibility index (Phi) is 1.21. The van der Waals surface area contributed by atoms with Gasteiger partial charge in [0.2, 0.25) is 5.79 Å². The van der Waals surface area contributed by atoms with Gasteiger partial charge in [0.1, 0.15) is 6.34 Å². The van der Waals surface area contributed by atoms with Gasteiger partial charge in [-0.3, -0.25) is 5.73 Å². The van der Waals surface area contributed by atoms with Gasteiger partial charge in [-0.2, -0.15) is 5.43 Å². The van der Waals surface area contributed by atoms with Gasteiger partial charge in [-0.15, -0.1) is 0 Å². The number of hydrogen-bond donors (Lipinski definition) is 3. The number of nitrogens with two attached hydrogens (primary N) is 1. The van der Waals surface area contributed by atoms with E-state index in [9.17, 15) is 0 Å². The average molecular weight is 152 g/mol. The molecule has 0 spiro atoms. The third-order valence-electron chi connectivity index (χ3n) is 1.49. The van der Waals surface area contributed by atoms with Crippen LogP contribution < -0.4 is 16.6 Å². The van der Waals surface area contributed by atoms with E-state index in [2.05, 4.69) is 15.8 Å². The lowest BCUT2D eigenvalue weighted by Gasteiger charge is -2.16. The minimum atomic E-state index is -0.941. The summed E-state index contributed by atoms with van der Waals surface area (Å²) in [6, 6.07) is 3.52. The van der Waals surface area contributed by atoms with Crippen molar-refractivity contribution in [3.63, 3.8) is 0 Å². The van der Waals surface area contributed by atoms with Crippen molar-refractivity contribution in [2.24, 2.45) is 10.7 Å². The highest BCUT2D eigenvalue weighted by molar-refractivity contribution is 5.57. The largest absolute Gasteiger partial charge is 0.464 e. The highest BCUT2D eigenvalue weighted by Crippen LogP contribution is 2.17. The van der Waals surface area contributed by atoms with Gasteiger partial charge in [0, 0.05) is 0 Å². The van der Waals surface area contributed by atoms with E-state index < -0.39 is 5.79 Å². The first kappa shape index (κ1) is 6.38. The van der Waals surface area contributed by atoms with E-state index >= 15 is 0 Å². The van der Waals surface area contributed by atoms with Gasteiger partial charge >= 0.3 is 0 Å². The fraction of sp³-hybridized carbons (Fsp3) is 0.167. The highest BCUT2D eigenvalue weighted by Gasteiger charge is 2.31. The van der Waals surface area contributed by atoms with Crippen molar-refractivity contribution < 1.29 is 4.42 Å². The van der Waals surface area contributed by atoms with Crippen LogP contribution in [0.5, 0.6) is 0 Å². The van der Waals surface area contributed by atoms with Crippen molar-refractivity contribution in [1.29, 1.82) is 0 Å². The molecule has 1 aromatic rings. The predicted octanol–water partition coefficient (Wildman–Crippen LogP) is -0.515. The van der Waals surface area contributed by atoms with Crippen molar-refractivity contribution in [2.45, 2.75) is 5.79 Å². The number of aliphatic imine (C=N–C) groups is 1. The molecule has 5 heteroatoms. The van der Waals surface area contributed by atoms with Crippen LogP contribution >= 0.6 is 0 Å². The van der Waals surface area contributed by atoms with E-state index in [4.69, 9.17) is 10.2 Å². The summed E-state index contributed by atoms with van der Waals surface area (Å²) in [7, 11) is 0. The molecule has 58 valence electrons. The summed E-state index contributed by atoms with van der Waals surface area (Å²) in [5.74, 6) is -0.359. The molecule has 0 amide bonds. The van der Waals surface area contributed by atoms with Crippen LogP contribution in [-0.2, 0) is 5.79 Å². The maximum atomic E-state index is 5.76. The lowest BCUT2D eigenvalue weighted by atomic mass is 10.3. The number of hydrazine groups is 1. The number of rotatable bonds is 1. The van der Waals surface area contributed by atoms with E-state index in [-0.39, 0.29) is 0 Å². The summed E-state index contributed by atoms with van der Waals surface area (Å²) in [6.45, 7) is 0. The molecule has 2 rings (SSSR count). The first-order valence-corrected chi connectivity index (χ1v) is 3.20. The molecule has 1 atom stereocenters. The molecule has 2 heterocycles. The summed E-state index contributed by atoms with van der Waals surface area (Å²) >= 11 is 0.